The molecule has 3 heteroatoms. The Bertz CT molecular complexity index is 154. The second kappa shape index (κ2) is 4.45. The highest BCUT2D eigenvalue weighted by atomic mass is 16.5. The van der Waals surface area contributed by atoms with Crippen molar-refractivity contribution in [3.05, 3.63) is 0 Å². The number of carboxylic acids is 1. The van der Waals surface area contributed by atoms with Crippen LogP contribution in [0.2, 0.25) is 0 Å². The lowest BCUT2D eigenvalue weighted by Gasteiger charge is -2.28. The Labute approximate surface area is 72.7 Å². The molecule has 0 aromatic carbocycles. The smallest absolute Gasteiger partial charge is 0.309 e. The van der Waals surface area contributed by atoms with Gasteiger partial charge in [0, 0.05) is 6.61 Å². The molecule has 0 aliphatic carbocycles. The molecule has 1 rings (SSSR count). The highest BCUT2D eigenvalue weighted by Gasteiger charge is 2.30. The average molecular weight is 172 g/mol. The van der Waals surface area contributed by atoms with Gasteiger partial charge in [0.1, 0.15) is 0 Å². The molecule has 0 spiro atoms. The Hall–Kier alpha value is -0.570. The van der Waals surface area contributed by atoms with Crippen LogP contribution < -0.4 is 0 Å². The van der Waals surface area contributed by atoms with Crippen molar-refractivity contribution in [2.24, 2.45) is 5.92 Å². The fourth-order valence-corrected chi connectivity index (χ4v) is 1.69. The summed E-state index contributed by atoms with van der Waals surface area (Å²) in [6, 6.07) is 0. The molecule has 0 amide bonds. The van der Waals surface area contributed by atoms with E-state index < -0.39 is 5.97 Å². The van der Waals surface area contributed by atoms with Gasteiger partial charge in [-0.3, -0.25) is 4.79 Å². The second-order valence-corrected chi connectivity index (χ2v) is 3.28. The van der Waals surface area contributed by atoms with Crippen LogP contribution in [0.3, 0.4) is 0 Å². The predicted octanol–water partition coefficient (Wildman–Crippen LogP) is 1.67. The summed E-state index contributed by atoms with van der Waals surface area (Å²) in [5.41, 5.74) is 0. The van der Waals surface area contributed by atoms with Crippen LogP contribution >= 0.6 is 0 Å². The van der Waals surface area contributed by atoms with Crippen molar-refractivity contribution in [2.75, 3.05) is 6.61 Å². The Kier molecular flexibility index (Phi) is 3.53. The van der Waals surface area contributed by atoms with E-state index in [-0.39, 0.29) is 12.0 Å². The minimum atomic E-state index is -0.701. The molecule has 12 heavy (non-hydrogen) atoms. The molecule has 0 radical (unpaired) electrons. The topological polar surface area (TPSA) is 46.5 Å². The molecule has 1 heterocycles. The van der Waals surface area contributed by atoms with Crippen molar-refractivity contribution < 1.29 is 14.6 Å². The lowest BCUT2D eigenvalue weighted by atomic mass is 9.92. The zero-order valence-corrected chi connectivity index (χ0v) is 7.45. The number of hydrogen-bond acceptors (Lipinski definition) is 2. The minimum absolute atomic E-state index is 0.0405. The summed E-state index contributed by atoms with van der Waals surface area (Å²) in [6.45, 7) is 2.78. The third-order valence-electron chi connectivity index (χ3n) is 2.33. The van der Waals surface area contributed by atoms with Crippen molar-refractivity contribution in [1.29, 1.82) is 0 Å². The van der Waals surface area contributed by atoms with Crippen molar-refractivity contribution in [3.63, 3.8) is 0 Å². The van der Waals surface area contributed by atoms with E-state index in [1.54, 1.807) is 0 Å². The van der Waals surface area contributed by atoms with E-state index in [0.717, 1.165) is 32.3 Å². The van der Waals surface area contributed by atoms with Gasteiger partial charge in [-0.05, 0) is 19.3 Å². The van der Waals surface area contributed by atoms with Crippen molar-refractivity contribution in [1.82, 2.24) is 0 Å². The molecule has 1 aliphatic rings. The van der Waals surface area contributed by atoms with Gasteiger partial charge in [-0.1, -0.05) is 13.3 Å². The summed E-state index contributed by atoms with van der Waals surface area (Å²) in [5.74, 6) is -0.966. The molecular weight excluding hydrogens is 156 g/mol. The third-order valence-corrected chi connectivity index (χ3v) is 2.33. The maximum atomic E-state index is 10.8. The minimum Gasteiger partial charge on any atom is -0.481 e. The van der Waals surface area contributed by atoms with Crippen LogP contribution in [-0.2, 0) is 9.53 Å². The van der Waals surface area contributed by atoms with Crippen LogP contribution in [0.5, 0.6) is 0 Å². The van der Waals surface area contributed by atoms with E-state index >= 15 is 0 Å². The Morgan fingerprint density at radius 3 is 3.00 bits per heavy atom. The maximum absolute atomic E-state index is 10.8. The van der Waals surface area contributed by atoms with E-state index in [1.165, 1.54) is 0 Å². The first-order valence-corrected chi connectivity index (χ1v) is 4.60. The summed E-state index contributed by atoms with van der Waals surface area (Å²) in [5, 5.41) is 8.86. The monoisotopic (exact) mass is 172 g/mol. The van der Waals surface area contributed by atoms with E-state index in [4.69, 9.17) is 9.84 Å². The first kappa shape index (κ1) is 9.52. The van der Waals surface area contributed by atoms with Gasteiger partial charge in [-0.15, -0.1) is 0 Å². The molecule has 1 saturated heterocycles. The fourth-order valence-electron chi connectivity index (χ4n) is 1.69. The predicted molar refractivity (Wildman–Crippen MR) is 45.0 cm³/mol. The van der Waals surface area contributed by atoms with Crippen molar-refractivity contribution in [2.45, 2.75) is 38.7 Å². The summed E-state index contributed by atoms with van der Waals surface area (Å²) in [7, 11) is 0. The average Bonchev–Trinajstić information content (AvgIpc) is 2.05. The van der Waals surface area contributed by atoms with Crippen LogP contribution in [0.25, 0.3) is 0 Å². The summed E-state index contributed by atoms with van der Waals surface area (Å²) in [4.78, 5) is 10.8. The fraction of sp³-hybridized carbons (Fsp3) is 0.889. The zero-order valence-electron chi connectivity index (χ0n) is 7.45. The molecule has 0 bridgehead atoms. The first-order valence-electron chi connectivity index (χ1n) is 4.60. The normalized spacial score (nSPS) is 30.1. The molecular formula is C9H16O3. The van der Waals surface area contributed by atoms with Gasteiger partial charge in [-0.25, -0.2) is 0 Å². The largest absolute Gasteiger partial charge is 0.481 e. The van der Waals surface area contributed by atoms with Gasteiger partial charge in [0.05, 0.1) is 12.0 Å². The van der Waals surface area contributed by atoms with Gasteiger partial charge in [0.15, 0.2) is 0 Å². The van der Waals surface area contributed by atoms with Crippen molar-refractivity contribution in [3.8, 4) is 0 Å². The lowest BCUT2D eigenvalue weighted by molar-refractivity contribution is -0.151. The quantitative estimate of drug-likeness (QED) is 0.704. The zero-order chi connectivity index (χ0) is 8.97. The Balaban J connectivity index is 2.48. The van der Waals surface area contributed by atoms with E-state index in [1.807, 2.05) is 0 Å². The second-order valence-electron chi connectivity index (χ2n) is 3.28. The van der Waals surface area contributed by atoms with Gasteiger partial charge < -0.3 is 9.84 Å². The lowest BCUT2D eigenvalue weighted by Crippen LogP contribution is -2.34. The molecule has 3 nitrogen and oxygen atoms in total. The molecule has 0 unspecified atom stereocenters. The summed E-state index contributed by atoms with van der Waals surface area (Å²) in [6.07, 6.45) is 3.49. The van der Waals surface area contributed by atoms with Gasteiger partial charge in [0.25, 0.3) is 0 Å². The number of carboxylic acid groups (broad SMARTS) is 1. The van der Waals surface area contributed by atoms with E-state index in [0.29, 0.717) is 0 Å². The molecule has 70 valence electrons. The van der Waals surface area contributed by atoms with Gasteiger partial charge in [0.2, 0.25) is 0 Å². The van der Waals surface area contributed by atoms with Gasteiger partial charge in [-0.2, -0.15) is 0 Å². The standard InChI is InChI=1S/C9H16O3/c1-2-4-8-7(9(10)11)5-3-6-12-8/h7-8H,2-6H2,1H3,(H,10,11)/t7-,8-/m0/s1. The van der Waals surface area contributed by atoms with Crippen LogP contribution in [0.1, 0.15) is 32.6 Å². The highest BCUT2D eigenvalue weighted by molar-refractivity contribution is 5.70. The van der Waals surface area contributed by atoms with Crippen LogP contribution in [0.15, 0.2) is 0 Å². The molecule has 0 saturated carbocycles. The Morgan fingerprint density at radius 1 is 1.67 bits per heavy atom. The van der Waals surface area contributed by atoms with E-state index in [9.17, 15) is 4.79 Å². The molecule has 2 atom stereocenters. The molecule has 1 N–H and O–H groups in total. The van der Waals surface area contributed by atoms with E-state index in [2.05, 4.69) is 6.92 Å². The first-order chi connectivity index (χ1) is 5.75. The van der Waals surface area contributed by atoms with Crippen molar-refractivity contribution >= 4 is 5.97 Å². The molecule has 1 aliphatic heterocycles. The SMILES string of the molecule is CCC[C@@H]1OCCC[C@@H]1C(=O)O. The number of ether oxygens (including phenoxy) is 1. The highest BCUT2D eigenvalue weighted by Crippen LogP contribution is 2.24. The number of carbonyl (C=O) groups is 1. The molecule has 0 aromatic heterocycles. The van der Waals surface area contributed by atoms with Gasteiger partial charge >= 0.3 is 5.97 Å². The van der Waals surface area contributed by atoms with Crippen LogP contribution in [0, 0.1) is 5.92 Å². The Morgan fingerprint density at radius 2 is 2.42 bits per heavy atom. The molecule has 0 aromatic rings. The molecule has 1 fully saturated rings. The summed E-state index contributed by atoms with van der Waals surface area (Å²) < 4.78 is 5.41. The third kappa shape index (κ3) is 2.21. The maximum Gasteiger partial charge on any atom is 0.309 e. The number of aliphatic carboxylic acids is 1. The van der Waals surface area contributed by atoms with Crippen LogP contribution in [0.4, 0.5) is 0 Å². The number of hydrogen-bond donors (Lipinski definition) is 1. The number of rotatable bonds is 3. The summed E-state index contributed by atoms with van der Waals surface area (Å²) >= 11 is 0. The van der Waals surface area contributed by atoms with Crippen LogP contribution in [-0.4, -0.2) is 23.8 Å².